The molecule has 0 amide bonds. The second-order valence-corrected chi connectivity index (χ2v) is 6.41. The molecule has 0 fully saturated rings. The van der Waals surface area contributed by atoms with Crippen LogP contribution in [-0.4, -0.2) is 13.4 Å². The second kappa shape index (κ2) is 5.26. The van der Waals surface area contributed by atoms with E-state index in [-0.39, 0.29) is 4.90 Å². The summed E-state index contributed by atoms with van der Waals surface area (Å²) < 4.78 is 27.3. The first kappa shape index (κ1) is 13.3. The molecule has 0 radical (unpaired) electrons. The van der Waals surface area contributed by atoms with Crippen molar-refractivity contribution in [2.45, 2.75) is 4.90 Å². The van der Waals surface area contributed by atoms with Crippen LogP contribution in [0.5, 0.6) is 0 Å². The van der Waals surface area contributed by atoms with Gasteiger partial charge in [-0.2, -0.15) is 0 Å². The predicted octanol–water partition coefficient (Wildman–Crippen LogP) is 3.30. The Kier molecular flexibility index (Phi) is 3.89. The molecule has 0 spiro atoms. The molecule has 0 aliphatic heterocycles. The van der Waals surface area contributed by atoms with Crippen LogP contribution in [0.1, 0.15) is 0 Å². The molecule has 1 N–H and O–H groups in total. The van der Waals surface area contributed by atoms with Gasteiger partial charge in [-0.25, -0.2) is 13.4 Å². The third kappa shape index (κ3) is 3.22. The van der Waals surface area contributed by atoms with E-state index < -0.39 is 10.0 Å². The fourth-order valence-corrected chi connectivity index (χ4v) is 2.68. The standard InChI is InChI=1S/C11H8BrClN2O2S/c12-8-1-4-10(5-2-8)18(16,17)15-9-3-6-11(13)14-7-9/h1-7,15H. The molecule has 0 saturated carbocycles. The third-order valence-electron chi connectivity index (χ3n) is 2.10. The Morgan fingerprint density at radius 2 is 1.78 bits per heavy atom. The van der Waals surface area contributed by atoms with Gasteiger partial charge in [-0.1, -0.05) is 27.5 Å². The van der Waals surface area contributed by atoms with Crippen LogP contribution >= 0.6 is 27.5 Å². The summed E-state index contributed by atoms with van der Waals surface area (Å²) in [6.07, 6.45) is 1.36. The molecule has 1 aromatic heterocycles. The fraction of sp³-hybridized carbons (Fsp3) is 0. The Labute approximate surface area is 118 Å². The van der Waals surface area contributed by atoms with Gasteiger partial charge in [-0.3, -0.25) is 4.72 Å². The van der Waals surface area contributed by atoms with Gasteiger partial charge in [0, 0.05) is 4.47 Å². The lowest BCUT2D eigenvalue weighted by Crippen LogP contribution is -2.12. The molecule has 0 bridgehead atoms. The van der Waals surface area contributed by atoms with Crippen LogP contribution in [0.4, 0.5) is 5.69 Å². The molecule has 2 rings (SSSR count). The molecule has 18 heavy (non-hydrogen) atoms. The van der Waals surface area contributed by atoms with Crippen LogP contribution < -0.4 is 4.72 Å². The Morgan fingerprint density at radius 1 is 1.11 bits per heavy atom. The minimum Gasteiger partial charge on any atom is -0.278 e. The van der Waals surface area contributed by atoms with E-state index in [2.05, 4.69) is 25.6 Å². The summed E-state index contributed by atoms with van der Waals surface area (Å²) in [5.74, 6) is 0. The molecule has 0 atom stereocenters. The molecule has 0 aliphatic carbocycles. The molecule has 94 valence electrons. The van der Waals surface area contributed by atoms with Crippen molar-refractivity contribution in [3.8, 4) is 0 Å². The third-order valence-corrected chi connectivity index (χ3v) is 4.25. The topological polar surface area (TPSA) is 59.1 Å². The highest BCUT2D eigenvalue weighted by molar-refractivity contribution is 9.10. The first-order valence-electron chi connectivity index (χ1n) is 4.87. The maximum atomic E-state index is 12.0. The first-order valence-corrected chi connectivity index (χ1v) is 7.53. The summed E-state index contributed by atoms with van der Waals surface area (Å²) in [5, 5.41) is 0.307. The highest BCUT2D eigenvalue weighted by atomic mass is 79.9. The lowest BCUT2D eigenvalue weighted by Gasteiger charge is -2.07. The highest BCUT2D eigenvalue weighted by Gasteiger charge is 2.13. The van der Waals surface area contributed by atoms with Crippen molar-refractivity contribution in [2.75, 3.05) is 4.72 Å². The summed E-state index contributed by atoms with van der Waals surface area (Å²) in [6, 6.07) is 9.40. The van der Waals surface area contributed by atoms with Gasteiger partial charge in [0.05, 0.1) is 16.8 Å². The number of hydrogen-bond donors (Lipinski definition) is 1. The number of hydrogen-bond acceptors (Lipinski definition) is 3. The Balaban J connectivity index is 2.27. The van der Waals surface area contributed by atoms with E-state index in [0.717, 1.165) is 4.47 Å². The summed E-state index contributed by atoms with van der Waals surface area (Å²) in [5.41, 5.74) is 0.363. The monoisotopic (exact) mass is 346 g/mol. The molecule has 0 unspecified atom stereocenters. The number of rotatable bonds is 3. The second-order valence-electron chi connectivity index (χ2n) is 3.43. The van der Waals surface area contributed by atoms with Crippen LogP contribution in [0.25, 0.3) is 0 Å². The molecule has 0 aliphatic rings. The average Bonchev–Trinajstić information content (AvgIpc) is 2.32. The number of anilines is 1. The number of halogens is 2. The quantitative estimate of drug-likeness (QED) is 0.867. The lowest BCUT2D eigenvalue weighted by molar-refractivity contribution is 0.601. The van der Waals surface area contributed by atoms with Crippen LogP contribution in [0, 0.1) is 0 Å². The summed E-state index contributed by atoms with van der Waals surface area (Å²) in [4.78, 5) is 3.98. The fourth-order valence-electron chi connectivity index (χ4n) is 1.26. The number of sulfonamides is 1. The van der Waals surface area contributed by atoms with Crippen LogP contribution in [0.3, 0.4) is 0 Å². The Hall–Kier alpha value is -1.11. The minimum atomic E-state index is -3.60. The molecular formula is C11H8BrClN2O2S. The number of nitrogens with zero attached hydrogens (tertiary/aromatic N) is 1. The summed E-state index contributed by atoms with van der Waals surface area (Å²) in [7, 11) is -3.60. The lowest BCUT2D eigenvalue weighted by atomic mass is 10.4. The van der Waals surface area contributed by atoms with Gasteiger partial charge in [0.1, 0.15) is 5.15 Å². The van der Waals surface area contributed by atoms with E-state index in [4.69, 9.17) is 11.6 Å². The van der Waals surface area contributed by atoms with Gasteiger partial charge in [-0.05, 0) is 36.4 Å². The number of pyridine rings is 1. The van der Waals surface area contributed by atoms with Crippen molar-refractivity contribution in [2.24, 2.45) is 0 Å². The number of nitrogens with one attached hydrogen (secondary N) is 1. The van der Waals surface area contributed by atoms with E-state index in [0.29, 0.717) is 10.8 Å². The average molecular weight is 348 g/mol. The van der Waals surface area contributed by atoms with Crippen LogP contribution in [-0.2, 0) is 10.0 Å². The van der Waals surface area contributed by atoms with Crippen molar-refractivity contribution in [3.63, 3.8) is 0 Å². The minimum absolute atomic E-state index is 0.181. The highest BCUT2D eigenvalue weighted by Crippen LogP contribution is 2.18. The molecule has 1 aromatic carbocycles. The summed E-state index contributed by atoms with van der Waals surface area (Å²) in [6.45, 7) is 0. The van der Waals surface area contributed by atoms with Gasteiger partial charge >= 0.3 is 0 Å². The molecular weight excluding hydrogens is 340 g/mol. The zero-order chi connectivity index (χ0) is 13.2. The van der Waals surface area contributed by atoms with Crippen molar-refractivity contribution in [1.82, 2.24) is 4.98 Å². The van der Waals surface area contributed by atoms with E-state index in [1.54, 1.807) is 18.2 Å². The first-order chi connectivity index (χ1) is 8.47. The Morgan fingerprint density at radius 3 is 2.33 bits per heavy atom. The molecule has 2 aromatic rings. The smallest absolute Gasteiger partial charge is 0.261 e. The SMILES string of the molecule is O=S(=O)(Nc1ccc(Cl)nc1)c1ccc(Br)cc1. The van der Waals surface area contributed by atoms with E-state index >= 15 is 0 Å². The van der Waals surface area contributed by atoms with Crippen molar-refractivity contribution in [1.29, 1.82) is 0 Å². The summed E-state index contributed by atoms with van der Waals surface area (Å²) >= 11 is 8.87. The number of benzene rings is 1. The maximum Gasteiger partial charge on any atom is 0.261 e. The number of aromatic nitrogens is 1. The van der Waals surface area contributed by atoms with E-state index in [9.17, 15) is 8.42 Å². The predicted molar refractivity (Wildman–Crippen MR) is 74.2 cm³/mol. The van der Waals surface area contributed by atoms with E-state index in [1.807, 2.05) is 0 Å². The van der Waals surface area contributed by atoms with Crippen LogP contribution in [0.2, 0.25) is 5.15 Å². The zero-order valence-corrected chi connectivity index (χ0v) is 12.1. The van der Waals surface area contributed by atoms with Gasteiger partial charge < -0.3 is 0 Å². The normalized spacial score (nSPS) is 11.2. The molecule has 0 saturated heterocycles. The molecule has 7 heteroatoms. The molecule has 4 nitrogen and oxygen atoms in total. The van der Waals surface area contributed by atoms with Gasteiger partial charge in [0.25, 0.3) is 10.0 Å². The van der Waals surface area contributed by atoms with Crippen LogP contribution in [0.15, 0.2) is 52.0 Å². The van der Waals surface area contributed by atoms with Crippen molar-refractivity contribution in [3.05, 3.63) is 52.2 Å². The largest absolute Gasteiger partial charge is 0.278 e. The Bertz CT molecular complexity index is 642. The zero-order valence-electron chi connectivity index (χ0n) is 8.97. The van der Waals surface area contributed by atoms with Gasteiger partial charge in [0.15, 0.2) is 0 Å². The van der Waals surface area contributed by atoms with Gasteiger partial charge in [-0.15, -0.1) is 0 Å². The van der Waals surface area contributed by atoms with Gasteiger partial charge in [0.2, 0.25) is 0 Å². The van der Waals surface area contributed by atoms with Crippen molar-refractivity contribution >= 4 is 43.2 Å². The van der Waals surface area contributed by atoms with Crippen molar-refractivity contribution < 1.29 is 8.42 Å². The molecule has 1 heterocycles. The van der Waals surface area contributed by atoms with E-state index in [1.165, 1.54) is 24.4 Å². The maximum absolute atomic E-state index is 12.0.